The van der Waals surface area contributed by atoms with E-state index in [1.54, 1.807) is 6.26 Å². The molecule has 0 radical (unpaired) electrons. The van der Waals surface area contributed by atoms with Gasteiger partial charge in [-0.25, -0.2) is 9.97 Å². The molecule has 0 fully saturated rings. The van der Waals surface area contributed by atoms with Crippen LogP contribution in [0.2, 0.25) is 0 Å². The summed E-state index contributed by atoms with van der Waals surface area (Å²) in [7, 11) is 0. The Morgan fingerprint density at radius 2 is 1.93 bits per heavy atom. The molecule has 0 saturated heterocycles. The van der Waals surface area contributed by atoms with Gasteiger partial charge in [-0.15, -0.1) is 0 Å². The summed E-state index contributed by atoms with van der Waals surface area (Å²) in [5, 5.41) is 4.54. The summed E-state index contributed by atoms with van der Waals surface area (Å²) in [6.07, 6.45) is 2.71. The van der Waals surface area contributed by atoms with Crippen molar-refractivity contribution < 1.29 is 4.42 Å². The van der Waals surface area contributed by atoms with E-state index in [1.165, 1.54) is 5.56 Å². The number of nitrogens with one attached hydrogen (secondary N) is 1. The molecule has 4 nitrogen and oxygen atoms in total. The lowest BCUT2D eigenvalue weighted by molar-refractivity contribution is 0.613. The largest absolute Gasteiger partial charge is 0.464 e. The van der Waals surface area contributed by atoms with E-state index in [9.17, 15) is 0 Å². The fourth-order valence-electron chi connectivity index (χ4n) is 3.15. The van der Waals surface area contributed by atoms with Gasteiger partial charge >= 0.3 is 0 Å². The molecule has 5 heteroatoms. The minimum absolute atomic E-state index is 0.751. The van der Waals surface area contributed by atoms with Crippen LogP contribution in [0.25, 0.3) is 22.2 Å². The first-order valence-electron chi connectivity index (χ1n) is 8.91. The van der Waals surface area contributed by atoms with Crippen molar-refractivity contribution in [1.82, 2.24) is 9.97 Å². The molecule has 0 aliphatic heterocycles. The highest BCUT2D eigenvalue weighted by Crippen LogP contribution is 2.27. The molecule has 2 heterocycles. The Morgan fingerprint density at radius 3 is 2.78 bits per heavy atom. The highest BCUT2D eigenvalue weighted by molar-refractivity contribution is 9.10. The number of nitrogens with zero attached hydrogens (tertiary/aromatic N) is 2. The number of fused-ring (bicyclic) bond motifs is 1. The molecule has 0 aliphatic carbocycles. The number of halogens is 1. The third kappa shape index (κ3) is 4.03. The summed E-state index contributed by atoms with van der Waals surface area (Å²) >= 11 is 3.52. The van der Waals surface area contributed by atoms with Crippen LogP contribution in [0, 0.1) is 13.8 Å². The van der Waals surface area contributed by atoms with Crippen LogP contribution < -0.4 is 5.32 Å². The van der Waals surface area contributed by atoms with Crippen LogP contribution in [0.3, 0.4) is 0 Å². The quantitative estimate of drug-likeness (QED) is 0.434. The van der Waals surface area contributed by atoms with Crippen LogP contribution in [0.4, 0.5) is 5.82 Å². The first kappa shape index (κ1) is 17.7. The average molecular weight is 422 g/mol. The van der Waals surface area contributed by atoms with Crippen LogP contribution in [-0.4, -0.2) is 16.5 Å². The fourth-order valence-corrected chi connectivity index (χ4v) is 3.60. The molecule has 136 valence electrons. The predicted octanol–water partition coefficient (Wildman–Crippen LogP) is 5.92. The van der Waals surface area contributed by atoms with Crippen LogP contribution in [0.15, 0.2) is 63.7 Å². The highest BCUT2D eigenvalue weighted by atomic mass is 79.9. The average Bonchev–Trinajstić information content (AvgIpc) is 3.02. The van der Waals surface area contributed by atoms with Gasteiger partial charge in [0.05, 0.1) is 12.0 Å². The number of furan rings is 1. The maximum atomic E-state index is 5.54. The Hall–Kier alpha value is -2.66. The molecule has 0 bridgehead atoms. The molecular formula is C22H20BrN3O. The van der Waals surface area contributed by atoms with Gasteiger partial charge in [0.1, 0.15) is 17.2 Å². The van der Waals surface area contributed by atoms with Crippen LogP contribution in [0.5, 0.6) is 0 Å². The summed E-state index contributed by atoms with van der Waals surface area (Å²) in [6, 6.07) is 16.5. The normalized spacial score (nSPS) is 11.1. The number of hydrogen-bond donors (Lipinski definition) is 1. The minimum atomic E-state index is 0.751. The molecule has 0 saturated carbocycles. The molecule has 4 aromatic rings. The standard InChI is InChI=1S/C22H20BrN3O/c1-14-13-27-21-7-6-17(11-19(14)21)20-12-22(26-15(2)25-20)24-9-8-16-4-3-5-18(23)10-16/h3-7,10-13H,8-9H2,1-2H3,(H,24,25,26). The lowest BCUT2D eigenvalue weighted by Gasteiger charge is -2.09. The summed E-state index contributed by atoms with van der Waals surface area (Å²) in [5.74, 6) is 1.60. The zero-order valence-electron chi connectivity index (χ0n) is 15.3. The van der Waals surface area contributed by atoms with Crippen molar-refractivity contribution >= 4 is 32.7 Å². The van der Waals surface area contributed by atoms with Crippen molar-refractivity contribution in [2.75, 3.05) is 11.9 Å². The second kappa shape index (κ2) is 7.53. The maximum absolute atomic E-state index is 5.54. The first-order valence-corrected chi connectivity index (χ1v) is 9.70. The Kier molecular flexibility index (Phi) is 4.94. The van der Waals surface area contributed by atoms with E-state index < -0.39 is 0 Å². The molecule has 0 aliphatic rings. The summed E-state index contributed by atoms with van der Waals surface area (Å²) in [6.45, 7) is 4.78. The Bertz CT molecular complexity index is 1100. The zero-order valence-corrected chi connectivity index (χ0v) is 16.9. The summed E-state index contributed by atoms with van der Waals surface area (Å²) < 4.78 is 6.64. The highest BCUT2D eigenvalue weighted by Gasteiger charge is 2.08. The van der Waals surface area contributed by atoms with E-state index in [0.717, 1.165) is 56.9 Å². The number of anilines is 1. The van der Waals surface area contributed by atoms with Crippen molar-refractivity contribution in [3.8, 4) is 11.3 Å². The third-order valence-corrected chi connectivity index (χ3v) is 5.00. The van der Waals surface area contributed by atoms with Gasteiger partial charge in [0.25, 0.3) is 0 Å². The lowest BCUT2D eigenvalue weighted by Crippen LogP contribution is -2.07. The second-order valence-electron chi connectivity index (χ2n) is 6.62. The molecule has 1 N–H and O–H groups in total. The SMILES string of the molecule is Cc1nc(NCCc2cccc(Br)c2)cc(-c2ccc3occ(C)c3c2)n1. The molecule has 0 spiro atoms. The Balaban J connectivity index is 1.54. The number of hydrogen-bond acceptors (Lipinski definition) is 4. The van der Waals surface area contributed by atoms with E-state index >= 15 is 0 Å². The smallest absolute Gasteiger partial charge is 0.134 e. The van der Waals surface area contributed by atoms with E-state index in [0.29, 0.717) is 0 Å². The topological polar surface area (TPSA) is 51.0 Å². The molecule has 0 unspecified atom stereocenters. The number of rotatable bonds is 5. The van der Waals surface area contributed by atoms with Crippen molar-refractivity contribution in [1.29, 1.82) is 0 Å². The van der Waals surface area contributed by atoms with E-state index in [1.807, 2.05) is 31.2 Å². The van der Waals surface area contributed by atoms with Gasteiger partial charge in [0, 0.05) is 28.0 Å². The molecule has 27 heavy (non-hydrogen) atoms. The van der Waals surface area contributed by atoms with Crippen molar-refractivity contribution in [3.63, 3.8) is 0 Å². The predicted molar refractivity (Wildman–Crippen MR) is 113 cm³/mol. The van der Waals surface area contributed by atoms with Crippen LogP contribution >= 0.6 is 15.9 Å². The number of benzene rings is 2. The van der Waals surface area contributed by atoms with Crippen molar-refractivity contribution in [3.05, 3.63) is 76.2 Å². The molecule has 2 aromatic heterocycles. The Morgan fingerprint density at radius 1 is 1.04 bits per heavy atom. The number of aromatic nitrogens is 2. The lowest BCUT2D eigenvalue weighted by atomic mass is 10.1. The second-order valence-corrected chi connectivity index (χ2v) is 7.54. The minimum Gasteiger partial charge on any atom is -0.464 e. The monoisotopic (exact) mass is 421 g/mol. The zero-order chi connectivity index (χ0) is 18.8. The summed E-state index contributed by atoms with van der Waals surface area (Å²) in [4.78, 5) is 9.14. The molecule has 2 aromatic carbocycles. The fraction of sp³-hybridized carbons (Fsp3) is 0.182. The molecule has 0 atom stereocenters. The van der Waals surface area contributed by atoms with Crippen LogP contribution in [-0.2, 0) is 6.42 Å². The van der Waals surface area contributed by atoms with Gasteiger partial charge in [-0.05, 0) is 61.7 Å². The van der Waals surface area contributed by atoms with E-state index in [4.69, 9.17) is 4.42 Å². The summed E-state index contributed by atoms with van der Waals surface area (Å²) in [5.41, 5.74) is 5.28. The maximum Gasteiger partial charge on any atom is 0.134 e. The van der Waals surface area contributed by atoms with E-state index in [-0.39, 0.29) is 0 Å². The molecular weight excluding hydrogens is 402 g/mol. The van der Waals surface area contributed by atoms with Gasteiger partial charge < -0.3 is 9.73 Å². The molecule has 0 amide bonds. The van der Waals surface area contributed by atoms with Crippen molar-refractivity contribution in [2.45, 2.75) is 20.3 Å². The van der Waals surface area contributed by atoms with Gasteiger partial charge in [-0.3, -0.25) is 0 Å². The van der Waals surface area contributed by atoms with Gasteiger partial charge in [0.2, 0.25) is 0 Å². The van der Waals surface area contributed by atoms with E-state index in [2.05, 4.69) is 62.4 Å². The van der Waals surface area contributed by atoms with Crippen LogP contribution in [0.1, 0.15) is 17.0 Å². The number of aryl methyl sites for hydroxylation is 2. The van der Waals surface area contributed by atoms with Crippen molar-refractivity contribution in [2.24, 2.45) is 0 Å². The third-order valence-electron chi connectivity index (χ3n) is 4.51. The van der Waals surface area contributed by atoms with Gasteiger partial charge in [-0.2, -0.15) is 0 Å². The first-order chi connectivity index (χ1) is 13.1. The Labute approximate surface area is 166 Å². The van der Waals surface area contributed by atoms with Gasteiger partial charge in [0.15, 0.2) is 0 Å². The van der Waals surface area contributed by atoms with Gasteiger partial charge in [-0.1, -0.05) is 28.1 Å². The molecule has 4 rings (SSSR count).